The Morgan fingerprint density at radius 1 is 1.56 bits per heavy atom. The van der Waals surface area contributed by atoms with Gasteiger partial charge in [0.2, 0.25) is 0 Å². The molecule has 2 rings (SSSR count). The maximum Gasteiger partial charge on any atom is 0.0721 e. The Morgan fingerprint density at radius 2 is 2.39 bits per heavy atom. The average Bonchev–Trinajstić information content (AvgIpc) is 2.63. The summed E-state index contributed by atoms with van der Waals surface area (Å²) in [4.78, 5) is 6.81. The molecule has 0 radical (unpaired) electrons. The van der Waals surface area contributed by atoms with Crippen LogP contribution in [0.15, 0.2) is 18.3 Å². The zero-order valence-corrected chi connectivity index (χ0v) is 11.3. The quantitative estimate of drug-likeness (QED) is 0.891. The van der Waals surface area contributed by atoms with Crippen molar-refractivity contribution >= 4 is 5.69 Å². The minimum atomic E-state index is 0.0467. The van der Waals surface area contributed by atoms with Crippen LogP contribution in [0.2, 0.25) is 0 Å². The van der Waals surface area contributed by atoms with Crippen LogP contribution in [0.5, 0.6) is 0 Å². The lowest BCUT2D eigenvalue weighted by Crippen LogP contribution is -2.30. The molecule has 1 fully saturated rings. The highest BCUT2D eigenvalue weighted by molar-refractivity contribution is 5.45. The third kappa shape index (κ3) is 3.21. The predicted octanol–water partition coefficient (Wildman–Crippen LogP) is 2.11. The summed E-state index contributed by atoms with van der Waals surface area (Å²) in [7, 11) is 0. The van der Waals surface area contributed by atoms with E-state index in [2.05, 4.69) is 29.8 Å². The van der Waals surface area contributed by atoms with E-state index in [1.54, 1.807) is 0 Å². The molecule has 1 saturated heterocycles. The van der Waals surface area contributed by atoms with Gasteiger partial charge in [-0.15, -0.1) is 0 Å². The van der Waals surface area contributed by atoms with E-state index < -0.39 is 0 Å². The van der Waals surface area contributed by atoms with Crippen molar-refractivity contribution in [2.75, 3.05) is 24.6 Å². The van der Waals surface area contributed by atoms with E-state index in [1.807, 2.05) is 12.3 Å². The molecule has 1 unspecified atom stereocenters. The topological polar surface area (TPSA) is 51.4 Å². The highest BCUT2D eigenvalue weighted by Crippen LogP contribution is 2.19. The number of rotatable bonds is 3. The minimum Gasteiger partial charge on any atom is -0.377 e. The van der Waals surface area contributed by atoms with Crippen LogP contribution in [0.4, 0.5) is 5.69 Å². The fourth-order valence-electron chi connectivity index (χ4n) is 2.24. The van der Waals surface area contributed by atoms with Crippen LogP contribution >= 0.6 is 0 Å². The van der Waals surface area contributed by atoms with Crippen LogP contribution in [-0.4, -0.2) is 30.8 Å². The average molecular weight is 249 g/mol. The van der Waals surface area contributed by atoms with Crippen LogP contribution in [0.25, 0.3) is 0 Å². The number of nitrogens with two attached hydrogens (primary N) is 1. The summed E-state index contributed by atoms with van der Waals surface area (Å²) in [6.45, 7) is 7.01. The highest BCUT2D eigenvalue weighted by atomic mass is 16.5. The van der Waals surface area contributed by atoms with Crippen molar-refractivity contribution in [3.05, 3.63) is 24.0 Å². The van der Waals surface area contributed by atoms with Gasteiger partial charge < -0.3 is 15.4 Å². The molecule has 0 spiro atoms. The van der Waals surface area contributed by atoms with Crippen molar-refractivity contribution in [2.24, 2.45) is 5.73 Å². The van der Waals surface area contributed by atoms with Crippen molar-refractivity contribution in [1.29, 1.82) is 0 Å². The Morgan fingerprint density at radius 3 is 3.06 bits per heavy atom. The largest absolute Gasteiger partial charge is 0.377 e. The summed E-state index contributed by atoms with van der Waals surface area (Å²) in [5.41, 5.74) is 8.11. The second-order valence-corrected chi connectivity index (χ2v) is 4.94. The first-order valence-corrected chi connectivity index (χ1v) is 6.78. The minimum absolute atomic E-state index is 0.0467. The zero-order valence-electron chi connectivity index (χ0n) is 11.3. The molecule has 0 bridgehead atoms. The first kappa shape index (κ1) is 13.3. The predicted molar refractivity (Wildman–Crippen MR) is 73.7 cm³/mol. The van der Waals surface area contributed by atoms with Crippen LogP contribution in [-0.2, 0) is 4.74 Å². The van der Waals surface area contributed by atoms with Gasteiger partial charge in [0.1, 0.15) is 0 Å². The summed E-state index contributed by atoms with van der Waals surface area (Å²) in [5, 5.41) is 0. The Labute approximate surface area is 109 Å². The highest BCUT2D eigenvalue weighted by Gasteiger charge is 2.16. The van der Waals surface area contributed by atoms with Crippen molar-refractivity contribution in [1.82, 2.24) is 4.98 Å². The normalized spacial score (nSPS) is 22.6. The number of nitrogens with zero attached hydrogens (tertiary/aromatic N) is 2. The monoisotopic (exact) mass is 249 g/mol. The molecular weight excluding hydrogens is 226 g/mol. The van der Waals surface area contributed by atoms with Gasteiger partial charge >= 0.3 is 0 Å². The molecule has 2 N–H and O–H groups in total. The Hall–Kier alpha value is -1.13. The van der Waals surface area contributed by atoms with Gasteiger partial charge in [-0.2, -0.15) is 0 Å². The Kier molecular flexibility index (Phi) is 4.55. The van der Waals surface area contributed by atoms with Crippen molar-refractivity contribution < 1.29 is 4.74 Å². The molecule has 0 saturated carbocycles. The first-order valence-electron chi connectivity index (χ1n) is 6.78. The van der Waals surface area contributed by atoms with E-state index in [0.29, 0.717) is 0 Å². The van der Waals surface area contributed by atoms with Crippen LogP contribution in [0, 0.1) is 0 Å². The molecule has 100 valence electrons. The SMILES string of the molecule is CC[C@@H](N)c1ccc(N2CCCOC(C)C2)cn1. The summed E-state index contributed by atoms with van der Waals surface area (Å²) in [6.07, 6.45) is 4.20. The molecule has 2 atom stereocenters. The molecule has 4 heteroatoms. The summed E-state index contributed by atoms with van der Waals surface area (Å²) >= 11 is 0. The molecule has 1 aromatic rings. The van der Waals surface area contributed by atoms with E-state index >= 15 is 0 Å². The van der Waals surface area contributed by atoms with Crippen LogP contribution < -0.4 is 10.6 Å². The number of hydrogen-bond donors (Lipinski definition) is 1. The number of aromatic nitrogens is 1. The van der Waals surface area contributed by atoms with Gasteiger partial charge in [-0.1, -0.05) is 6.92 Å². The number of pyridine rings is 1. The molecule has 0 aromatic carbocycles. The van der Waals surface area contributed by atoms with Gasteiger partial charge in [-0.3, -0.25) is 4.98 Å². The molecule has 0 aliphatic carbocycles. The zero-order chi connectivity index (χ0) is 13.0. The lowest BCUT2D eigenvalue weighted by atomic mass is 10.1. The Balaban J connectivity index is 2.08. The van der Waals surface area contributed by atoms with Gasteiger partial charge in [0.05, 0.1) is 23.7 Å². The van der Waals surface area contributed by atoms with E-state index in [0.717, 1.165) is 38.2 Å². The molecule has 0 amide bonds. The van der Waals surface area contributed by atoms with Gasteiger partial charge in [0, 0.05) is 25.7 Å². The van der Waals surface area contributed by atoms with Gasteiger partial charge in [0.25, 0.3) is 0 Å². The standard InChI is InChI=1S/C14H23N3O/c1-3-13(15)14-6-5-12(9-16-14)17-7-4-8-18-11(2)10-17/h5-6,9,11,13H,3-4,7-8,10,15H2,1-2H3/t11?,13-/m1/s1. The number of ether oxygens (including phenoxy) is 1. The number of anilines is 1. The number of hydrogen-bond acceptors (Lipinski definition) is 4. The molecule has 18 heavy (non-hydrogen) atoms. The third-order valence-electron chi connectivity index (χ3n) is 3.41. The Bertz CT molecular complexity index is 366. The summed E-state index contributed by atoms with van der Waals surface area (Å²) in [6, 6.07) is 4.21. The van der Waals surface area contributed by atoms with E-state index in [4.69, 9.17) is 10.5 Å². The lowest BCUT2D eigenvalue weighted by molar-refractivity contribution is 0.0821. The molecular formula is C14H23N3O. The van der Waals surface area contributed by atoms with Crippen molar-refractivity contribution in [3.8, 4) is 0 Å². The van der Waals surface area contributed by atoms with Crippen LogP contribution in [0.3, 0.4) is 0 Å². The maximum atomic E-state index is 5.97. The molecule has 1 aliphatic rings. The second-order valence-electron chi connectivity index (χ2n) is 4.94. The van der Waals surface area contributed by atoms with E-state index in [1.165, 1.54) is 5.69 Å². The van der Waals surface area contributed by atoms with Gasteiger partial charge in [-0.25, -0.2) is 0 Å². The molecule has 4 nitrogen and oxygen atoms in total. The van der Waals surface area contributed by atoms with Gasteiger partial charge in [0.15, 0.2) is 0 Å². The lowest BCUT2D eigenvalue weighted by Gasteiger charge is -2.24. The maximum absolute atomic E-state index is 5.97. The first-order chi connectivity index (χ1) is 8.70. The second kappa shape index (κ2) is 6.16. The third-order valence-corrected chi connectivity index (χ3v) is 3.41. The van der Waals surface area contributed by atoms with Crippen LogP contribution in [0.1, 0.15) is 38.4 Å². The molecule has 1 aromatic heterocycles. The van der Waals surface area contributed by atoms with Crippen molar-refractivity contribution in [3.63, 3.8) is 0 Å². The van der Waals surface area contributed by atoms with Crippen molar-refractivity contribution in [2.45, 2.75) is 38.8 Å². The fraction of sp³-hybridized carbons (Fsp3) is 0.643. The summed E-state index contributed by atoms with van der Waals surface area (Å²) < 4.78 is 5.65. The van der Waals surface area contributed by atoms with Gasteiger partial charge in [-0.05, 0) is 31.9 Å². The van der Waals surface area contributed by atoms with E-state index in [-0.39, 0.29) is 12.1 Å². The van der Waals surface area contributed by atoms with E-state index in [9.17, 15) is 0 Å². The molecule has 2 heterocycles. The fourth-order valence-corrected chi connectivity index (χ4v) is 2.24. The summed E-state index contributed by atoms with van der Waals surface area (Å²) in [5.74, 6) is 0. The molecule has 1 aliphatic heterocycles. The smallest absolute Gasteiger partial charge is 0.0721 e.